The second-order valence-electron chi connectivity index (χ2n) is 9.48. The van der Waals surface area contributed by atoms with Crippen molar-refractivity contribution in [2.45, 2.75) is 63.1 Å². The van der Waals surface area contributed by atoms with Crippen LogP contribution < -0.4 is 16.4 Å². The molecule has 36 heavy (non-hydrogen) atoms. The van der Waals surface area contributed by atoms with Crippen molar-refractivity contribution < 1.29 is 14.3 Å². The van der Waals surface area contributed by atoms with E-state index in [0.717, 1.165) is 18.9 Å². The minimum atomic E-state index is -0.677. The number of primary amides is 1. The molecule has 0 saturated heterocycles. The first-order valence-electron chi connectivity index (χ1n) is 12.0. The van der Waals surface area contributed by atoms with Gasteiger partial charge in [-0.05, 0) is 57.1 Å². The third kappa shape index (κ3) is 4.79. The highest BCUT2D eigenvalue weighted by Gasteiger charge is 2.30. The number of aliphatic hydroxyl groups excluding tert-OH is 1. The fourth-order valence-electron chi connectivity index (χ4n) is 5.15. The summed E-state index contributed by atoms with van der Waals surface area (Å²) in [5.41, 5.74) is 6.70. The predicted octanol–water partition coefficient (Wildman–Crippen LogP) is 3.78. The lowest BCUT2D eigenvalue weighted by molar-refractivity contribution is -0.122. The van der Waals surface area contributed by atoms with Crippen molar-refractivity contribution in [2.75, 3.05) is 10.6 Å². The number of nitrogens with one attached hydrogen (secondary N) is 2. The van der Waals surface area contributed by atoms with Gasteiger partial charge in [0, 0.05) is 18.0 Å². The summed E-state index contributed by atoms with van der Waals surface area (Å²) in [6, 6.07) is 4.39. The number of hydrogen-bond acceptors (Lipinski definition) is 8. The molecular weight excluding hydrogens is 487 g/mol. The number of aliphatic hydroxyl groups is 1. The van der Waals surface area contributed by atoms with Crippen LogP contribution in [-0.4, -0.2) is 42.7 Å². The molecule has 10 nitrogen and oxygen atoms in total. The summed E-state index contributed by atoms with van der Waals surface area (Å²) in [6.07, 6.45) is 6.03. The molecule has 1 unspecified atom stereocenters. The highest BCUT2D eigenvalue weighted by atomic mass is 35.5. The van der Waals surface area contributed by atoms with Crippen LogP contribution in [0.3, 0.4) is 0 Å². The number of imidazole rings is 1. The summed E-state index contributed by atoms with van der Waals surface area (Å²) in [7, 11) is 0. The van der Waals surface area contributed by atoms with Gasteiger partial charge >= 0.3 is 0 Å². The molecule has 2 aromatic heterocycles. The SMILES string of the molecule is N#Cc1cc(F)c(Nc2nc3cnc(N[C@@H]4CCC(O)C4)nc3n2[C@H]2CC[C@@H](C(N)=O)CC2)c(Cl)c1. The Morgan fingerprint density at radius 2 is 2.00 bits per heavy atom. The summed E-state index contributed by atoms with van der Waals surface area (Å²) >= 11 is 6.29. The van der Waals surface area contributed by atoms with Crippen LogP contribution in [0.4, 0.5) is 22.0 Å². The molecular formula is C24H26ClFN8O2. The standard InChI is InChI=1S/C24H26ClFN8O2/c25-17-7-12(10-27)8-18(26)20(17)32-24-31-19-11-29-23(30-14-3-6-16(35)9-14)33-22(19)34(24)15-4-1-13(2-5-15)21(28)36/h7-8,11,13-16,35H,1-6,9H2,(H2,28,36)(H,31,32)(H,29,30,33)/t13-,14-,15+,16?/m1/s1. The molecule has 0 spiro atoms. The lowest BCUT2D eigenvalue weighted by Crippen LogP contribution is -2.29. The average molecular weight is 513 g/mol. The minimum Gasteiger partial charge on any atom is -0.393 e. The maximum absolute atomic E-state index is 14.8. The normalized spacial score (nSPS) is 23.9. The van der Waals surface area contributed by atoms with Crippen molar-refractivity contribution in [1.82, 2.24) is 19.5 Å². The van der Waals surface area contributed by atoms with Gasteiger partial charge in [0.1, 0.15) is 11.3 Å². The molecule has 1 amide bonds. The second kappa shape index (κ2) is 9.87. The van der Waals surface area contributed by atoms with E-state index in [1.165, 1.54) is 6.07 Å². The fourth-order valence-corrected chi connectivity index (χ4v) is 5.41. The number of nitrogens with two attached hydrogens (primary N) is 1. The highest BCUT2D eigenvalue weighted by Crippen LogP contribution is 2.38. The molecule has 5 N–H and O–H groups in total. The molecule has 0 radical (unpaired) electrons. The third-order valence-corrected chi connectivity index (χ3v) is 7.34. The van der Waals surface area contributed by atoms with Gasteiger partial charge in [-0.3, -0.25) is 9.36 Å². The lowest BCUT2D eigenvalue weighted by atomic mass is 9.85. The van der Waals surface area contributed by atoms with E-state index in [1.807, 2.05) is 10.6 Å². The first-order chi connectivity index (χ1) is 17.3. The average Bonchev–Trinajstić information content (AvgIpc) is 3.43. The van der Waals surface area contributed by atoms with E-state index < -0.39 is 5.82 Å². The van der Waals surface area contributed by atoms with Gasteiger partial charge in [-0.25, -0.2) is 14.4 Å². The first-order valence-corrected chi connectivity index (χ1v) is 12.3. The van der Waals surface area contributed by atoms with Crippen LogP contribution in [0.25, 0.3) is 11.2 Å². The molecule has 5 rings (SSSR count). The Bertz CT molecular complexity index is 1320. The maximum Gasteiger partial charge on any atom is 0.224 e. The van der Waals surface area contributed by atoms with Crippen molar-refractivity contribution in [1.29, 1.82) is 5.26 Å². The van der Waals surface area contributed by atoms with Crippen molar-refractivity contribution >= 4 is 46.3 Å². The summed E-state index contributed by atoms with van der Waals surface area (Å²) in [5.74, 6) is -0.411. The van der Waals surface area contributed by atoms with Gasteiger partial charge in [-0.2, -0.15) is 10.2 Å². The van der Waals surface area contributed by atoms with Crippen LogP contribution in [0.1, 0.15) is 56.6 Å². The van der Waals surface area contributed by atoms with Gasteiger partial charge in [-0.15, -0.1) is 0 Å². The van der Waals surface area contributed by atoms with Crippen LogP contribution >= 0.6 is 11.6 Å². The Morgan fingerprint density at radius 3 is 2.64 bits per heavy atom. The maximum atomic E-state index is 14.8. The number of fused-ring (bicyclic) bond motifs is 1. The van der Waals surface area contributed by atoms with Crippen LogP contribution in [0.5, 0.6) is 0 Å². The van der Waals surface area contributed by atoms with Crippen molar-refractivity contribution in [3.05, 3.63) is 34.7 Å². The minimum absolute atomic E-state index is 0.00398. The summed E-state index contributed by atoms with van der Waals surface area (Å²) < 4.78 is 16.7. The summed E-state index contributed by atoms with van der Waals surface area (Å²) in [4.78, 5) is 25.4. The first kappa shape index (κ1) is 24.2. The van der Waals surface area contributed by atoms with Crippen molar-refractivity contribution in [3.63, 3.8) is 0 Å². The van der Waals surface area contributed by atoms with E-state index in [4.69, 9.17) is 27.6 Å². The van der Waals surface area contributed by atoms with Gasteiger partial charge in [0.15, 0.2) is 5.65 Å². The van der Waals surface area contributed by atoms with Crippen molar-refractivity contribution in [3.8, 4) is 6.07 Å². The zero-order valence-corrected chi connectivity index (χ0v) is 20.2. The van der Waals surface area contributed by atoms with E-state index in [2.05, 4.69) is 20.6 Å². The summed E-state index contributed by atoms with van der Waals surface area (Å²) in [6.45, 7) is 0. The van der Waals surface area contributed by atoms with Gasteiger partial charge in [-0.1, -0.05) is 11.6 Å². The topological polar surface area (TPSA) is 155 Å². The molecule has 2 heterocycles. The zero-order valence-electron chi connectivity index (χ0n) is 19.4. The van der Waals surface area contributed by atoms with Crippen LogP contribution in [0, 0.1) is 23.1 Å². The molecule has 2 aliphatic carbocycles. The van der Waals surface area contributed by atoms with Gasteiger partial charge < -0.3 is 21.5 Å². The van der Waals surface area contributed by atoms with Gasteiger partial charge in [0.2, 0.25) is 17.8 Å². The monoisotopic (exact) mass is 512 g/mol. The number of hydrogen-bond donors (Lipinski definition) is 4. The van der Waals surface area contributed by atoms with E-state index >= 15 is 0 Å². The number of rotatable bonds is 6. The molecule has 3 aromatic rings. The number of nitriles is 1. The van der Waals surface area contributed by atoms with Crippen LogP contribution in [0.15, 0.2) is 18.3 Å². The number of carbonyl (C=O) groups is 1. The number of benzene rings is 1. The molecule has 1 aromatic carbocycles. The van der Waals surface area contributed by atoms with E-state index in [9.17, 15) is 14.3 Å². The number of halogens is 2. The number of carbonyl (C=O) groups excluding carboxylic acids is 1. The smallest absolute Gasteiger partial charge is 0.224 e. The zero-order chi connectivity index (χ0) is 25.4. The Balaban J connectivity index is 1.53. The molecule has 2 fully saturated rings. The Morgan fingerprint density at radius 1 is 1.22 bits per heavy atom. The van der Waals surface area contributed by atoms with Gasteiger partial charge in [0.25, 0.3) is 0 Å². The Labute approximate surface area is 211 Å². The molecule has 0 bridgehead atoms. The number of anilines is 3. The predicted molar refractivity (Wildman–Crippen MR) is 132 cm³/mol. The number of aromatic nitrogens is 4. The van der Waals surface area contributed by atoms with Crippen LogP contribution in [0.2, 0.25) is 5.02 Å². The number of amides is 1. The molecule has 2 atom stereocenters. The van der Waals surface area contributed by atoms with E-state index in [0.29, 0.717) is 55.2 Å². The highest BCUT2D eigenvalue weighted by molar-refractivity contribution is 6.33. The van der Waals surface area contributed by atoms with Crippen molar-refractivity contribution in [2.24, 2.45) is 11.7 Å². The quantitative estimate of drug-likeness (QED) is 0.389. The fraction of sp³-hybridized carbons (Fsp3) is 0.458. The molecule has 0 aliphatic heterocycles. The van der Waals surface area contributed by atoms with E-state index in [-0.39, 0.29) is 46.3 Å². The molecule has 2 saturated carbocycles. The second-order valence-corrected chi connectivity index (χ2v) is 9.88. The largest absolute Gasteiger partial charge is 0.393 e. The Hall–Kier alpha value is -3.49. The van der Waals surface area contributed by atoms with E-state index in [1.54, 1.807) is 6.20 Å². The Kier molecular flexibility index (Phi) is 6.64. The number of nitrogens with zero attached hydrogens (tertiary/aromatic N) is 5. The molecule has 12 heteroatoms. The van der Waals surface area contributed by atoms with Crippen LogP contribution in [-0.2, 0) is 4.79 Å². The van der Waals surface area contributed by atoms with Gasteiger partial charge in [0.05, 0.1) is 34.6 Å². The third-order valence-electron chi connectivity index (χ3n) is 7.04. The summed E-state index contributed by atoms with van der Waals surface area (Å²) in [5, 5.41) is 25.3. The molecule has 2 aliphatic rings. The molecule has 188 valence electrons. The lowest BCUT2D eigenvalue weighted by Gasteiger charge is -2.29.